The van der Waals surface area contributed by atoms with Crippen LogP contribution < -0.4 is 0 Å². The molecule has 1 atom stereocenters. The maximum absolute atomic E-state index is 8.36. The van der Waals surface area contributed by atoms with Crippen molar-refractivity contribution < 1.29 is 14.4 Å². The smallest absolute Gasteiger partial charge is 0.290 e. The lowest BCUT2D eigenvalue weighted by molar-refractivity contribution is -0.122. The number of aryl methyl sites for hydroxylation is 1. The molecule has 4 nitrogen and oxygen atoms in total. The van der Waals surface area contributed by atoms with Crippen molar-refractivity contribution in [3.63, 3.8) is 0 Å². The van der Waals surface area contributed by atoms with Crippen LogP contribution in [0.5, 0.6) is 0 Å². The van der Waals surface area contributed by atoms with Crippen molar-refractivity contribution in [1.82, 2.24) is 5.16 Å². The molecule has 0 saturated heterocycles. The van der Waals surface area contributed by atoms with Crippen molar-refractivity contribution >= 4 is 6.47 Å². The van der Waals surface area contributed by atoms with E-state index in [1.807, 2.05) is 13.0 Å². The average Bonchev–Trinajstić information content (AvgIpc) is 2.51. The van der Waals surface area contributed by atoms with Crippen LogP contribution in [0.1, 0.15) is 38.1 Å². The van der Waals surface area contributed by atoms with Crippen molar-refractivity contribution in [2.24, 2.45) is 5.92 Å². The predicted octanol–water partition coefficient (Wildman–Crippen LogP) is 2.44. The first-order valence-electron chi connectivity index (χ1n) is 4.54. The van der Waals surface area contributed by atoms with Gasteiger partial charge in [-0.3, -0.25) is 4.79 Å². The van der Waals surface area contributed by atoms with Gasteiger partial charge in [0.2, 0.25) is 0 Å². The van der Waals surface area contributed by atoms with Gasteiger partial charge in [0.25, 0.3) is 6.47 Å². The highest BCUT2D eigenvalue weighted by atomic mass is 16.5. The summed E-state index contributed by atoms with van der Waals surface area (Å²) >= 11 is 0. The van der Waals surface area contributed by atoms with Gasteiger partial charge in [-0.15, -0.1) is 0 Å². The van der Waals surface area contributed by atoms with E-state index in [9.17, 15) is 0 Å². The standard InChI is InChI=1S/C9H15NO.CH2O2/c1-6(2)8(4)9-5-7(3)10-11-9;2-1-3/h5-6,8H,1-4H3;1H,(H,2,3). The fourth-order valence-electron chi connectivity index (χ4n) is 0.926. The molecule has 0 radical (unpaired) electrons. The van der Waals surface area contributed by atoms with Gasteiger partial charge in [-0.2, -0.15) is 0 Å². The Labute approximate surface area is 83.9 Å². The summed E-state index contributed by atoms with van der Waals surface area (Å²) in [7, 11) is 0. The van der Waals surface area contributed by atoms with E-state index in [0.29, 0.717) is 11.8 Å². The highest BCUT2D eigenvalue weighted by Crippen LogP contribution is 2.23. The van der Waals surface area contributed by atoms with Crippen molar-refractivity contribution in [1.29, 1.82) is 0 Å². The number of nitrogens with zero attached hydrogens (tertiary/aromatic N) is 1. The van der Waals surface area contributed by atoms with Crippen LogP contribution >= 0.6 is 0 Å². The molecule has 80 valence electrons. The van der Waals surface area contributed by atoms with E-state index >= 15 is 0 Å². The minimum Gasteiger partial charge on any atom is -0.483 e. The van der Waals surface area contributed by atoms with E-state index in [-0.39, 0.29) is 6.47 Å². The number of aromatic nitrogens is 1. The molecule has 0 bridgehead atoms. The van der Waals surface area contributed by atoms with Crippen molar-refractivity contribution in [2.75, 3.05) is 0 Å². The summed E-state index contributed by atoms with van der Waals surface area (Å²) in [5.41, 5.74) is 0.965. The van der Waals surface area contributed by atoms with Crippen LogP contribution in [0.4, 0.5) is 0 Å². The van der Waals surface area contributed by atoms with Crippen LogP contribution in [-0.4, -0.2) is 16.7 Å². The van der Waals surface area contributed by atoms with Crippen LogP contribution in [0.25, 0.3) is 0 Å². The zero-order chi connectivity index (χ0) is 11.1. The Bertz CT molecular complexity index is 268. The minimum absolute atomic E-state index is 0.250. The van der Waals surface area contributed by atoms with Crippen LogP contribution in [0, 0.1) is 12.8 Å². The van der Waals surface area contributed by atoms with Gasteiger partial charge in [0.15, 0.2) is 0 Å². The van der Waals surface area contributed by atoms with E-state index < -0.39 is 0 Å². The second-order valence-corrected chi connectivity index (χ2v) is 3.51. The highest BCUT2D eigenvalue weighted by molar-refractivity contribution is 5.32. The van der Waals surface area contributed by atoms with Gasteiger partial charge < -0.3 is 9.63 Å². The molecule has 0 aromatic carbocycles. The summed E-state index contributed by atoms with van der Waals surface area (Å²) in [6.45, 7) is 8.22. The number of hydrogen-bond donors (Lipinski definition) is 1. The first-order chi connectivity index (χ1) is 6.52. The molecule has 0 saturated carbocycles. The molecule has 1 rings (SSSR count). The van der Waals surface area contributed by atoms with Crippen LogP contribution in [0.2, 0.25) is 0 Å². The molecule has 1 heterocycles. The van der Waals surface area contributed by atoms with E-state index in [1.54, 1.807) is 0 Å². The Kier molecular flexibility index (Phi) is 5.60. The van der Waals surface area contributed by atoms with Gasteiger partial charge in [0, 0.05) is 12.0 Å². The predicted molar refractivity (Wildman–Crippen MR) is 53.2 cm³/mol. The second-order valence-electron chi connectivity index (χ2n) is 3.51. The first-order valence-corrected chi connectivity index (χ1v) is 4.54. The van der Waals surface area contributed by atoms with E-state index in [2.05, 4.69) is 25.9 Å². The zero-order valence-electron chi connectivity index (χ0n) is 9.02. The van der Waals surface area contributed by atoms with Gasteiger partial charge in [-0.1, -0.05) is 25.9 Å². The number of carbonyl (C=O) groups is 1. The lowest BCUT2D eigenvalue weighted by Gasteiger charge is -2.10. The molecule has 14 heavy (non-hydrogen) atoms. The molecule has 1 unspecified atom stereocenters. The van der Waals surface area contributed by atoms with Crippen LogP contribution in [0.3, 0.4) is 0 Å². The molecule has 0 spiro atoms. The summed E-state index contributed by atoms with van der Waals surface area (Å²) in [5.74, 6) is 2.08. The van der Waals surface area contributed by atoms with Crippen molar-refractivity contribution in [3.8, 4) is 0 Å². The fraction of sp³-hybridized carbons (Fsp3) is 0.600. The third kappa shape index (κ3) is 4.07. The maximum Gasteiger partial charge on any atom is 0.290 e. The Morgan fingerprint density at radius 2 is 2.00 bits per heavy atom. The summed E-state index contributed by atoms with van der Waals surface area (Å²) < 4.78 is 5.14. The lowest BCUT2D eigenvalue weighted by Crippen LogP contribution is -1.99. The molecule has 0 aliphatic carbocycles. The van der Waals surface area contributed by atoms with Crippen molar-refractivity contribution in [3.05, 3.63) is 17.5 Å². The summed E-state index contributed by atoms with van der Waals surface area (Å²) in [5, 5.41) is 10.7. The average molecular weight is 199 g/mol. The molecule has 0 aliphatic rings. The largest absolute Gasteiger partial charge is 0.483 e. The molecular weight excluding hydrogens is 182 g/mol. The molecule has 1 aromatic heterocycles. The third-order valence-electron chi connectivity index (χ3n) is 2.09. The van der Waals surface area contributed by atoms with Crippen LogP contribution in [-0.2, 0) is 4.79 Å². The lowest BCUT2D eigenvalue weighted by atomic mass is 9.95. The van der Waals surface area contributed by atoms with Gasteiger partial charge in [-0.25, -0.2) is 0 Å². The van der Waals surface area contributed by atoms with Gasteiger partial charge in [-0.05, 0) is 12.8 Å². The maximum atomic E-state index is 8.36. The van der Waals surface area contributed by atoms with Crippen molar-refractivity contribution in [2.45, 2.75) is 33.6 Å². The Balaban J connectivity index is 0.000000500. The van der Waals surface area contributed by atoms with E-state index in [4.69, 9.17) is 14.4 Å². The summed E-state index contributed by atoms with van der Waals surface area (Å²) in [6, 6.07) is 2.00. The zero-order valence-corrected chi connectivity index (χ0v) is 9.02. The van der Waals surface area contributed by atoms with Gasteiger partial charge in [0.05, 0.1) is 5.69 Å². The summed E-state index contributed by atoms with van der Waals surface area (Å²) in [4.78, 5) is 8.36. The van der Waals surface area contributed by atoms with E-state index in [0.717, 1.165) is 11.5 Å². The highest BCUT2D eigenvalue weighted by Gasteiger charge is 2.13. The Morgan fingerprint density at radius 1 is 1.50 bits per heavy atom. The molecule has 0 amide bonds. The number of rotatable bonds is 2. The quantitative estimate of drug-likeness (QED) is 0.743. The molecule has 1 N–H and O–H groups in total. The normalized spacial score (nSPS) is 11.8. The monoisotopic (exact) mass is 199 g/mol. The molecule has 0 aliphatic heterocycles. The fourth-order valence-corrected chi connectivity index (χ4v) is 0.926. The Hall–Kier alpha value is -1.32. The number of carboxylic acid groups (broad SMARTS) is 1. The Morgan fingerprint density at radius 3 is 2.29 bits per heavy atom. The van der Waals surface area contributed by atoms with Gasteiger partial charge in [0.1, 0.15) is 5.76 Å². The molecule has 4 heteroatoms. The SMILES string of the molecule is Cc1cc(C(C)C(C)C)on1.O=CO. The number of hydrogen-bond acceptors (Lipinski definition) is 3. The first kappa shape index (κ1) is 12.7. The van der Waals surface area contributed by atoms with Gasteiger partial charge >= 0.3 is 0 Å². The second kappa shape index (κ2) is 6.18. The topological polar surface area (TPSA) is 63.3 Å². The minimum atomic E-state index is -0.250. The molecule has 1 aromatic rings. The van der Waals surface area contributed by atoms with Crippen LogP contribution in [0.15, 0.2) is 10.6 Å². The van der Waals surface area contributed by atoms with E-state index in [1.165, 1.54) is 0 Å². The summed E-state index contributed by atoms with van der Waals surface area (Å²) in [6.07, 6.45) is 0. The molecular formula is C10H17NO3. The third-order valence-corrected chi connectivity index (χ3v) is 2.09. The molecule has 0 fully saturated rings.